The van der Waals surface area contributed by atoms with Crippen LogP contribution in [0.3, 0.4) is 0 Å². The van der Waals surface area contributed by atoms with Gasteiger partial charge in [0.05, 0.1) is 7.11 Å². The van der Waals surface area contributed by atoms with Crippen molar-refractivity contribution in [2.45, 2.75) is 80.1 Å². The van der Waals surface area contributed by atoms with Gasteiger partial charge in [0.25, 0.3) is 0 Å². The second-order valence-corrected chi connectivity index (χ2v) is 15.0. The van der Waals surface area contributed by atoms with Gasteiger partial charge in [-0.15, -0.1) is 0 Å². The van der Waals surface area contributed by atoms with Crippen LogP contribution >= 0.6 is 7.14 Å². The van der Waals surface area contributed by atoms with Crippen molar-refractivity contribution in [3.8, 4) is 5.75 Å². The number of ether oxygens (including phenoxy) is 1. The van der Waals surface area contributed by atoms with Crippen LogP contribution in [-0.4, -0.2) is 18.2 Å². The molecule has 0 amide bonds. The summed E-state index contributed by atoms with van der Waals surface area (Å²) in [5, 5.41) is 0.216. The Morgan fingerprint density at radius 3 is 1.34 bits per heavy atom. The molecule has 3 rings (SSSR count). The van der Waals surface area contributed by atoms with E-state index in [1.165, 1.54) is 0 Å². The standard InChI is InChI=1S/C33H41O4P/c1-20-16-22(3)28(26(18-20)32(5,6)7)30(34)38(36,25-14-12-24(37-11)13-15-25)31(35)29-23(4)17-21(2)19-27(29)33(8,9)10/h12-19H,1-11H3. The third-order valence-electron chi connectivity index (χ3n) is 7.01. The zero-order chi connectivity index (χ0) is 28.8. The maximum atomic E-state index is 15.3. The molecule has 3 aromatic rings. The summed E-state index contributed by atoms with van der Waals surface area (Å²) in [5.41, 5.74) is 3.77. The molecular formula is C33H41O4P. The molecule has 0 heterocycles. The minimum absolute atomic E-state index is 0.216. The van der Waals surface area contributed by atoms with Gasteiger partial charge in [-0.2, -0.15) is 0 Å². The van der Waals surface area contributed by atoms with Crippen molar-refractivity contribution in [2.75, 3.05) is 7.11 Å². The second-order valence-electron chi connectivity index (χ2n) is 12.4. The molecule has 0 aliphatic heterocycles. The Balaban J connectivity index is 2.44. The number of hydrogen-bond acceptors (Lipinski definition) is 4. The Labute approximate surface area is 228 Å². The molecule has 38 heavy (non-hydrogen) atoms. The van der Waals surface area contributed by atoms with E-state index in [0.29, 0.717) is 16.9 Å². The number of aryl methyl sites for hydroxylation is 4. The SMILES string of the molecule is COc1ccc(P(=O)(C(=O)c2c(C)cc(C)cc2C(C)(C)C)C(=O)c2c(C)cc(C)cc2C(C)(C)C)cc1. The van der Waals surface area contributed by atoms with Crippen LogP contribution in [0.2, 0.25) is 0 Å². The predicted octanol–water partition coefficient (Wildman–Crippen LogP) is 8.19. The Bertz CT molecular complexity index is 1360. The summed E-state index contributed by atoms with van der Waals surface area (Å²) in [7, 11) is -2.80. The molecular weight excluding hydrogens is 491 g/mol. The number of hydrogen-bond donors (Lipinski definition) is 0. The molecule has 4 nitrogen and oxygen atoms in total. The Kier molecular flexibility index (Phi) is 8.02. The minimum atomic E-state index is -4.34. The molecule has 0 fully saturated rings. The average Bonchev–Trinajstić information content (AvgIpc) is 2.80. The predicted molar refractivity (Wildman–Crippen MR) is 158 cm³/mol. The Morgan fingerprint density at radius 1 is 0.658 bits per heavy atom. The van der Waals surface area contributed by atoms with Crippen LogP contribution in [0.5, 0.6) is 5.75 Å². The third-order valence-corrected chi connectivity index (χ3v) is 9.63. The van der Waals surface area contributed by atoms with E-state index in [-0.39, 0.29) is 5.30 Å². The highest BCUT2D eigenvalue weighted by Gasteiger charge is 2.46. The molecule has 0 aromatic heterocycles. The number of methoxy groups -OCH3 is 1. The molecule has 0 aliphatic carbocycles. The van der Waals surface area contributed by atoms with Crippen molar-refractivity contribution in [2.24, 2.45) is 0 Å². The van der Waals surface area contributed by atoms with Gasteiger partial charge in [0.2, 0.25) is 18.2 Å². The van der Waals surface area contributed by atoms with Gasteiger partial charge in [-0.1, -0.05) is 76.9 Å². The number of carbonyl (C=O) groups is 2. The van der Waals surface area contributed by atoms with E-state index in [4.69, 9.17) is 4.74 Å². The quantitative estimate of drug-likeness (QED) is 0.300. The molecule has 0 spiro atoms. The van der Waals surface area contributed by atoms with E-state index in [1.54, 1.807) is 31.4 Å². The highest BCUT2D eigenvalue weighted by atomic mass is 31.2. The largest absolute Gasteiger partial charge is 0.497 e. The fourth-order valence-electron chi connectivity index (χ4n) is 5.12. The monoisotopic (exact) mass is 532 g/mol. The summed E-state index contributed by atoms with van der Waals surface area (Å²) in [6, 6.07) is 14.3. The van der Waals surface area contributed by atoms with E-state index in [2.05, 4.69) is 0 Å². The molecule has 0 radical (unpaired) electrons. The second kappa shape index (κ2) is 10.3. The highest BCUT2D eigenvalue weighted by molar-refractivity contribution is 8.01. The number of carbonyl (C=O) groups excluding carboxylic acids is 2. The summed E-state index contributed by atoms with van der Waals surface area (Å²) >= 11 is 0. The minimum Gasteiger partial charge on any atom is -0.497 e. The first kappa shape index (κ1) is 29.6. The van der Waals surface area contributed by atoms with Crippen molar-refractivity contribution in [1.82, 2.24) is 0 Å². The van der Waals surface area contributed by atoms with Crippen LogP contribution in [-0.2, 0) is 15.4 Å². The lowest BCUT2D eigenvalue weighted by Gasteiger charge is -2.29. The van der Waals surface area contributed by atoms with Gasteiger partial charge in [-0.25, -0.2) is 0 Å². The van der Waals surface area contributed by atoms with E-state index in [9.17, 15) is 9.59 Å². The molecule has 0 atom stereocenters. The van der Waals surface area contributed by atoms with E-state index < -0.39 is 29.0 Å². The summed E-state index contributed by atoms with van der Waals surface area (Å²) in [6.45, 7) is 19.8. The van der Waals surface area contributed by atoms with Gasteiger partial charge in [0.1, 0.15) is 5.75 Å². The molecule has 0 bridgehead atoms. The first-order chi connectivity index (χ1) is 17.4. The van der Waals surface area contributed by atoms with Crippen LogP contribution in [0.25, 0.3) is 0 Å². The maximum absolute atomic E-state index is 15.3. The van der Waals surface area contributed by atoms with Gasteiger partial charge in [-0.05, 0) is 85.0 Å². The zero-order valence-corrected chi connectivity index (χ0v) is 25.6. The van der Waals surface area contributed by atoms with Gasteiger partial charge >= 0.3 is 0 Å². The lowest BCUT2D eigenvalue weighted by molar-refractivity contribution is 0.103. The molecule has 202 valence electrons. The topological polar surface area (TPSA) is 60.4 Å². The first-order valence-corrected chi connectivity index (χ1v) is 14.7. The van der Waals surface area contributed by atoms with Gasteiger partial charge in [0, 0.05) is 16.4 Å². The number of benzene rings is 3. The average molecular weight is 533 g/mol. The molecule has 0 saturated carbocycles. The molecule has 0 unspecified atom stereocenters. The summed E-state index contributed by atoms with van der Waals surface area (Å²) in [6.07, 6.45) is 0. The molecule has 5 heteroatoms. The Morgan fingerprint density at radius 2 is 1.03 bits per heavy atom. The lowest BCUT2D eigenvalue weighted by Crippen LogP contribution is -2.27. The normalized spacial score (nSPS) is 12.4. The summed E-state index contributed by atoms with van der Waals surface area (Å²) < 4.78 is 20.6. The zero-order valence-electron chi connectivity index (χ0n) is 24.7. The molecule has 0 saturated heterocycles. The van der Waals surface area contributed by atoms with Gasteiger partial charge < -0.3 is 9.30 Å². The van der Waals surface area contributed by atoms with E-state index in [0.717, 1.165) is 33.4 Å². The van der Waals surface area contributed by atoms with Crippen LogP contribution in [0.4, 0.5) is 0 Å². The smallest absolute Gasteiger partial charge is 0.248 e. The van der Waals surface area contributed by atoms with Crippen LogP contribution in [0.1, 0.15) is 95.6 Å². The van der Waals surface area contributed by atoms with E-state index in [1.807, 2.05) is 93.5 Å². The van der Waals surface area contributed by atoms with Gasteiger partial charge in [-0.3, -0.25) is 9.59 Å². The fourth-order valence-corrected chi connectivity index (χ4v) is 7.57. The van der Waals surface area contributed by atoms with Crippen molar-refractivity contribution in [3.63, 3.8) is 0 Å². The third kappa shape index (κ3) is 5.43. The lowest BCUT2D eigenvalue weighted by atomic mass is 9.81. The van der Waals surface area contributed by atoms with Crippen LogP contribution < -0.4 is 10.0 Å². The van der Waals surface area contributed by atoms with Gasteiger partial charge in [0.15, 0.2) is 0 Å². The van der Waals surface area contributed by atoms with Crippen molar-refractivity contribution < 1.29 is 18.9 Å². The van der Waals surface area contributed by atoms with E-state index >= 15 is 4.57 Å². The first-order valence-electron chi connectivity index (χ1n) is 13.0. The maximum Gasteiger partial charge on any atom is 0.248 e. The number of rotatable bonds is 6. The summed E-state index contributed by atoms with van der Waals surface area (Å²) in [5.74, 6) is 0.559. The van der Waals surface area contributed by atoms with Crippen LogP contribution in [0.15, 0.2) is 48.5 Å². The van der Waals surface area contributed by atoms with Crippen molar-refractivity contribution in [3.05, 3.63) is 93.0 Å². The molecule has 3 aromatic carbocycles. The summed E-state index contributed by atoms with van der Waals surface area (Å²) in [4.78, 5) is 29.3. The van der Waals surface area contributed by atoms with Crippen molar-refractivity contribution >= 4 is 23.5 Å². The Hall–Kier alpha value is -2.97. The highest BCUT2D eigenvalue weighted by Crippen LogP contribution is 2.54. The molecule has 0 aliphatic rings. The van der Waals surface area contributed by atoms with Crippen LogP contribution in [0, 0.1) is 27.7 Å². The fraction of sp³-hybridized carbons (Fsp3) is 0.394. The molecule has 0 N–H and O–H groups in total. The van der Waals surface area contributed by atoms with Crippen molar-refractivity contribution in [1.29, 1.82) is 0 Å².